The quantitative estimate of drug-likeness (QED) is 0.737. The number of pyridine rings is 1. The summed E-state index contributed by atoms with van der Waals surface area (Å²) in [5, 5.41) is 4.54. The van der Waals surface area contributed by atoms with E-state index >= 15 is 0 Å². The van der Waals surface area contributed by atoms with Crippen LogP contribution in [0.1, 0.15) is 11.5 Å². The third kappa shape index (κ3) is 2.05. The molecule has 0 atom stereocenters. The lowest BCUT2D eigenvalue weighted by molar-refractivity contribution is 1.05. The molecule has 1 aromatic carbocycles. The maximum atomic E-state index is 4.34. The van der Waals surface area contributed by atoms with Crippen LogP contribution in [0.5, 0.6) is 0 Å². The highest BCUT2D eigenvalue weighted by molar-refractivity contribution is 5.91. The van der Waals surface area contributed by atoms with Gasteiger partial charge in [0.2, 0.25) is 0 Å². The SMILES string of the molecule is Cc1ncc(CNc2cccc3ncccc23)[nH]1. The monoisotopic (exact) mass is 238 g/mol. The maximum Gasteiger partial charge on any atom is 0.103 e. The number of hydrogen-bond acceptors (Lipinski definition) is 3. The lowest BCUT2D eigenvalue weighted by atomic mass is 10.2. The molecule has 2 heterocycles. The summed E-state index contributed by atoms with van der Waals surface area (Å²) < 4.78 is 0. The van der Waals surface area contributed by atoms with Crippen molar-refractivity contribution in [1.82, 2.24) is 15.0 Å². The molecule has 2 aromatic heterocycles. The van der Waals surface area contributed by atoms with Crippen molar-refractivity contribution in [3.8, 4) is 0 Å². The predicted molar refractivity (Wildman–Crippen MR) is 72.4 cm³/mol. The lowest BCUT2D eigenvalue weighted by Crippen LogP contribution is -2.00. The standard InChI is InChI=1S/C14H14N4/c1-10-16-8-11(18-10)9-17-14-6-2-5-13-12(14)4-3-7-15-13/h2-8,17H,9H2,1H3,(H,16,18). The number of aryl methyl sites for hydroxylation is 1. The van der Waals surface area contributed by atoms with Gasteiger partial charge in [0.1, 0.15) is 5.82 Å². The first kappa shape index (κ1) is 10.8. The van der Waals surface area contributed by atoms with E-state index in [0.29, 0.717) is 0 Å². The van der Waals surface area contributed by atoms with Crippen LogP contribution >= 0.6 is 0 Å². The summed E-state index contributed by atoms with van der Waals surface area (Å²) in [4.78, 5) is 11.7. The van der Waals surface area contributed by atoms with E-state index in [4.69, 9.17) is 0 Å². The normalized spacial score (nSPS) is 10.7. The highest BCUT2D eigenvalue weighted by atomic mass is 15.0. The topological polar surface area (TPSA) is 53.6 Å². The molecular formula is C14H14N4. The van der Waals surface area contributed by atoms with Crippen molar-refractivity contribution in [3.63, 3.8) is 0 Å². The summed E-state index contributed by atoms with van der Waals surface area (Å²) in [6.07, 6.45) is 3.66. The molecular weight excluding hydrogens is 224 g/mol. The Hall–Kier alpha value is -2.36. The van der Waals surface area contributed by atoms with Gasteiger partial charge in [0, 0.05) is 17.3 Å². The van der Waals surface area contributed by atoms with Crippen molar-refractivity contribution in [1.29, 1.82) is 0 Å². The Balaban J connectivity index is 1.86. The molecule has 0 aliphatic rings. The van der Waals surface area contributed by atoms with Crippen molar-refractivity contribution >= 4 is 16.6 Å². The van der Waals surface area contributed by atoms with Gasteiger partial charge in [-0.25, -0.2) is 4.98 Å². The van der Waals surface area contributed by atoms with Crippen LogP contribution in [0.25, 0.3) is 10.9 Å². The zero-order valence-corrected chi connectivity index (χ0v) is 10.1. The minimum Gasteiger partial charge on any atom is -0.379 e. The fraction of sp³-hybridized carbons (Fsp3) is 0.143. The van der Waals surface area contributed by atoms with E-state index in [1.165, 1.54) is 0 Å². The number of nitrogens with one attached hydrogen (secondary N) is 2. The number of aromatic nitrogens is 3. The van der Waals surface area contributed by atoms with E-state index in [9.17, 15) is 0 Å². The number of anilines is 1. The second-order valence-corrected chi connectivity index (χ2v) is 4.22. The predicted octanol–water partition coefficient (Wildman–Crippen LogP) is 2.88. The molecule has 3 aromatic rings. The van der Waals surface area contributed by atoms with Crippen LogP contribution in [0, 0.1) is 6.92 Å². The average Bonchev–Trinajstić information content (AvgIpc) is 2.82. The van der Waals surface area contributed by atoms with Gasteiger partial charge in [-0.2, -0.15) is 0 Å². The minimum atomic E-state index is 0.731. The van der Waals surface area contributed by atoms with Crippen LogP contribution in [0.2, 0.25) is 0 Å². The average molecular weight is 238 g/mol. The van der Waals surface area contributed by atoms with Crippen LogP contribution in [0.3, 0.4) is 0 Å². The summed E-state index contributed by atoms with van der Waals surface area (Å²) in [5.74, 6) is 0.936. The number of aromatic amines is 1. The molecule has 0 unspecified atom stereocenters. The van der Waals surface area contributed by atoms with E-state index < -0.39 is 0 Å². The van der Waals surface area contributed by atoms with Crippen molar-refractivity contribution in [2.24, 2.45) is 0 Å². The second kappa shape index (κ2) is 4.49. The lowest BCUT2D eigenvalue weighted by Gasteiger charge is -2.08. The summed E-state index contributed by atoms with van der Waals surface area (Å²) in [7, 11) is 0. The first-order valence-electron chi connectivity index (χ1n) is 5.91. The molecule has 4 nitrogen and oxygen atoms in total. The second-order valence-electron chi connectivity index (χ2n) is 4.22. The fourth-order valence-corrected chi connectivity index (χ4v) is 2.01. The van der Waals surface area contributed by atoms with Crippen molar-refractivity contribution in [2.75, 3.05) is 5.32 Å². The molecule has 0 radical (unpaired) electrons. The van der Waals surface area contributed by atoms with Crippen LogP contribution in [0.4, 0.5) is 5.69 Å². The van der Waals surface area contributed by atoms with Crippen LogP contribution in [0.15, 0.2) is 42.7 Å². The molecule has 2 N–H and O–H groups in total. The van der Waals surface area contributed by atoms with Crippen molar-refractivity contribution < 1.29 is 0 Å². The molecule has 4 heteroatoms. The highest BCUT2D eigenvalue weighted by Crippen LogP contribution is 2.21. The minimum absolute atomic E-state index is 0.731. The van der Waals surface area contributed by atoms with Gasteiger partial charge >= 0.3 is 0 Å². The van der Waals surface area contributed by atoms with Gasteiger partial charge in [-0.3, -0.25) is 4.98 Å². The Morgan fingerprint density at radius 1 is 1.17 bits per heavy atom. The number of benzene rings is 1. The van der Waals surface area contributed by atoms with Gasteiger partial charge < -0.3 is 10.3 Å². The molecule has 0 saturated carbocycles. The zero-order valence-electron chi connectivity index (χ0n) is 10.1. The molecule has 0 fully saturated rings. The van der Waals surface area contributed by atoms with Gasteiger partial charge in [0.15, 0.2) is 0 Å². The number of fused-ring (bicyclic) bond motifs is 1. The molecule has 0 aliphatic heterocycles. The van der Waals surface area contributed by atoms with E-state index in [1.54, 1.807) is 0 Å². The zero-order chi connectivity index (χ0) is 12.4. The Morgan fingerprint density at radius 2 is 2.11 bits per heavy atom. The largest absolute Gasteiger partial charge is 0.379 e. The first-order valence-corrected chi connectivity index (χ1v) is 5.91. The first-order chi connectivity index (χ1) is 8.83. The Labute approximate surface area is 105 Å². The van der Waals surface area contributed by atoms with Gasteiger partial charge in [-0.15, -0.1) is 0 Å². The highest BCUT2D eigenvalue weighted by Gasteiger charge is 2.01. The van der Waals surface area contributed by atoms with Crippen molar-refractivity contribution in [2.45, 2.75) is 13.5 Å². The van der Waals surface area contributed by atoms with Gasteiger partial charge in [0.25, 0.3) is 0 Å². The van der Waals surface area contributed by atoms with E-state index in [2.05, 4.69) is 32.4 Å². The van der Waals surface area contributed by atoms with Crippen LogP contribution in [-0.2, 0) is 6.54 Å². The number of H-pyrrole nitrogens is 1. The van der Waals surface area contributed by atoms with Crippen LogP contribution in [-0.4, -0.2) is 15.0 Å². The van der Waals surface area contributed by atoms with Gasteiger partial charge in [-0.05, 0) is 31.2 Å². The Kier molecular flexibility index (Phi) is 2.68. The number of imidazole rings is 1. The molecule has 0 saturated heterocycles. The van der Waals surface area contributed by atoms with Crippen molar-refractivity contribution in [3.05, 3.63) is 54.2 Å². The number of nitrogens with zero attached hydrogens (tertiary/aromatic N) is 2. The Bertz CT molecular complexity index is 667. The molecule has 18 heavy (non-hydrogen) atoms. The summed E-state index contributed by atoms with van der Waals surface area (Å²) in [6, 6.07) is 10.1. The number of rotatable bonds is 3. The molecule has 0 spiro atoms. The molecule has 0 amide bonds. The molecule has 0 bridgehead atoms. The summed E-state index contributed by atoms with van der Waals surface area (Å²) in [6.45, 7) is 2.68. The smallest absolute Gasteiger partial charge is 0.103 e. The summed E-state index contributed by atoms with van der Waals surface area (Å²) >= 11 is 0. The van der Waals surface area contributed by atoms with Gasteiger partial charge in [-0.1, -0.05) is 6.07 Å². The van der Waals surface area contributed by atoms with E-state index in [1.807, 2.05) is 37.5 Å². The molecule has 0 aliphatic carbocycles. The maximum absolute atomic E-state index is 4.34. The Morgan fingerprint density at radius 3 is 2.94 bits per heavy atom. The fourth-order valence-electron chi connectivity index (χ4n) is 2.01. The van der Waals surface area contributed by atoms with Gasteiger partial charge in [0.05, 0.1) is 24.0 Å². The van der Waals surface area contributed by atoms with E-state index in [-0.39, 0.29) is 0 Å². The molecule has 90 valence electrons. The summed E-state index contributed by atoms with van der Waals surface area (Å²) in [5.41, 5.74) is 3.17. The molecule has 3 rings (SSSR count). The number of hydrogen-bond donors (Lipinski definition) is 2. The third-order valence-corrected chi connectivity index (χ3v) is 2.87. The third-order valence-electron chi connectivity index (χ3n) is 2.87. The van der Waals surface area contributed by atoms with E-state index in [0.717, 1.165) is 34.7 Å². The van der Waals surface area contributed by atoms with Crippen LogP contribution < -0.4 is 5.32 Å².